The molecule has 0 unspecified atom stereocenters. The van der Waals surface area contributed by atoms with Gasteiger partial charge in [-0.05, 0) is 23.8 Å². The largest absolute Gasteiger partial charge is 0.416 e. The van der Waals surface area contributed by atoms with Crippen LogP contribution < -0.4 is 5.32 Å². The van der Waals surface area contributed by atoms with E-state index in [9.17, 15) is 22.8 Å². The Morgan fingerprint density at radius 1 is 1.09 bits per heavy atom. The van der Waals surface area contributed by atoms with Crippen molar-refractivity contribution in [2.24, 2.45) is 0 Å². The van der Waals surface area contributed by atoms with Crippen molar-refractivity contribution in [1.82, 2.24) is 0 Å². The van der Waals surface area contributed by atoms with Gasteiger partial charge in [0.25, 0.3) is 0 Å². The lowest BCUT2D eigenvalue weighted by Gasteiger charge is -2.10. The van der Waals surface area contributed by atoms with Crippen molar-refractivity contribution in [3.63, 3.8) is 0 Å². The zero-order valence-electron chi connectivity index (χ0n) is 11.2. The highest BCUT2D eigenvalue weighted by Gasteiger charge is 2.31. The fraction of sp³-hybridized carbons (Fsp3) is 0.125. The first-order valence-corrected chi connectivity index (χ1v) is 6.50. The Bertz CT molecular complexity index is 781. The lowest BCUT2D eigenvalue weighted by Crippen LogP contribution is -2.10. The van der Waals surface area contributed by atoms with Gasteiger partial charge in [0.05, 0.1) is 17.7 Å². The van der Waals surface area contributed by atoms with Gasteiger partial charge in [-0.2, -0.15) is 13.2 Å². The molecule has 1 N–H and O–H groups in total. The summed E-state index contributed by atoms with van der Waals surface area (Å²) in [5, 5.41) is 2.58. The van der Waals surface area contributed by atoms with Crippen LogP contribution in [0.1, 0.15) is 27.0 Å². The number of benzene rings is 2. The second-order valence-corrected chi connectivity index (χ2v) is 4.97. The maximum atomic E-state index is 12.7. The van der Waals surface area contributed by atoms with Crippen molar-refractivity contribution >= 4 is 17.4 Å². The number of hydrogen-bond acceptors (Lipinski definition) is 2. The van der Waals surface area contributed by atoms with E-state index in [1.165, 1.54) is 18.2 Å². The number of halogens is 3. The van der Waals surface area contributed by atoms with Gasteiger partial charge >= 0.3 is 6.18 Å². The highest BCUT2D eigenvalue weighted by Crippen LogP contribution is 2.32. The summed E-state index contributed by atoms with van der Waals surface area (Å²) in [4.78, 5) is 23.9. The molecule has 3 nitrogen and oxygen atoms in total. The number of carbonyl (C=O) groups excluding carboxylic acids is 2. The number of para-hydroxylation sites is 1. The van der Waals surface area contributed by atoms with Crippen LogP contribution in [0.15, 0.2) is 42.5 Å². The Labute approximate surface area is 123 Å². The van der Waals surface area contributed by atoms with Crippen LogP contribution in [0, 0.1) is 0 Å². The van der Waals surface area contributed by atoms with Crippen molar-refractivity contribution in [2.45, 2.75) is 12.6 Å². The van der Waals surface area contributed by atoms with Crippen LogP contribution in [0.4, 0.5) is 18.9 Å². The number of alkyl halides is 3. The molecule has 0 aliphatic carbocycles. The maximum absolute atomic E-state index is 12.7. The minimum atomic E-state index is -4.51. The van der Waals surface area contributed by atoms with Gasteiger partial charge in [-0.3, -0.25) is 9.59 Å². The first kappa shape index (κ1) is 14.3. The SMILES string of the molecule is O=C1Cc2cccc(C(=O)c3cccc(C(F)(F)F)c3)c2N1. The highest BCUT2D eigenvalue weighted by molar-refractivity contribution is 6.16. The molecular weight excluding hydrogens is 295 g/mol. The molecule has 0 bridgehead atoms. The van der Waals surface area contributed by atoms with E-state index < -0.39 is 17.5 Å². The predicted octanol–water partition coefficient (Wildman–Crippen LogP) is 3.43. The number of fused-ring (bicyclic) bond motifs is 1. The molecule has 0 fully saturated rings. The van der Waals surface area contributed by atoms with Gasteiger partial charge in [0.2, 0.25) is 5.91 Å². The molecule has 3 rings (SSSR count). The zero-order chi connectivity index (χ0) is 15.9. The highest BCUT2D eigenvalue weighted by atomic mass is 19.4. The molecule has 2 aromatic carbocycles. The number of nitrogens with one attached hydrogen (secondary N) is 1. The van der Waals surface area contributed by atoms with Gasteiger partial charge < -0.3 is 5.32 Å². The van der Waals surface area contributed by atoms with E-state index >= 15 is 0 Å². The van der Waals surface area contributed by atoms with Gasteiger partial charge in [0, 0.05) is 11.1 Å². The molecule has 0 saturated heterocycles. The van der Waals surface area contributed by atoms with E-state index in [1.54, 1.807) is 12.1 Å². The second kappa shape index (κ2) is 4.98. The molecule has 0 saturated carbocycles. The first-order valence-electron chi connectivity index (χ1n) is 6.50. The molecule has 1 aliphatic heterocycles. The molecule has 0 radical (unpaired) electrons. The van der Waals surface area contributed by atoms with Crippen LogP contribution in [0.25, 0.3) is 0 Å². The third-order valence-corrected chi connectivity index (χ3v) is 3.46. The molecule has 1 heterocycles. The Kier molecular flexibility index (Phi) is 3.24. The van der Waals surface area contributed by atoms with Crippen molar-refractivity contribution in [1.29, 1.82) is 0 Å². The topological polar surface area (TPSA) is 46.2 Å². The summed E-state index contributed by atoms with van der Waals surface area (Å²) in [6, 6.07) is 9.06. The lowest BCUT2D eigenvalue weighted by molar-refractivity contribution is -0.137. The summed E-state index contributed by atoms with van der Waals surface area (Å²) in [5.41, 5.74) is 0.305. The molecule has 112 valence electrons. The van der Waals surface area contributed by atoms with Crippen LogP contribution in [0.2, 0.25) is 0 Å². The van der Waals surface area contributed by atoms with Gasteiger partial charge in [0.15, 0.2) is 5.78 Å². The molecule has 0 atom stereocenters. The Balaban J connectivity index is 2.03. The van der Waals surface area contributed by atoms with Crippen molar-refractivity contribution in [3.05, 3.63) is 64.7 Å². The predicted molar refractivity (Wildman–Crippen MR) is 73.7 cm³/mol. The van der Waals surface area contributed by atoms with E-state index in [-0.39, 0.29) is 23.5 Å². The normalized spacial score (nSPS) is 13.7. The van der Waals surface area contributed by atoms with Gasteiger partial charge in [0.1, 0.15) is 0 Å². The van der Waals surface area contributed by atoms with Crippen LogP contribution in [-0.2, 0) is 17.4 Å². The maximum Gasteiger partial charge on any atom is 0.416 e. The molecular formula is C16H10F3NO2. The van der Waals surface area contributed by atoms with Crippen molar-refractivity contribution in [3.8, 4) is 0 Å². The summed E-state index contributed by atoms with van der Waals surface area (Å²) >= 11 is 0. The summed E-state index contributed by atoms with van der Waals surface area (Å²) in [7, 11) is 0. The van der Waals surface area contributed by atoms with E-state index in [0.29, 0.717) is 11.3 Å². The van der Waals surface area contributed by atoms with Crippen molar-refractivity contribution in [2.75, 3.05) is 5.32 Å². The van der Waals surface area contributed by atoms with Gasteiger partial charge in [-0.1, -0.05) is 24.3 Å². The molecule has 1 aliphatic rings. The second-order valence-electron chi connectivity index (χ2n) is 4.97. The van der Waals surface area contributed by atoms with E-state index in [0.717, 1.165) is 12.1 Å². The number of anilines is 1. The summed E-state index contributed by atoms with van der Waals surface area (Å²) in [5.74, 6) is -0.788. The minimum Gasteiger partial charge on any atom is -0.325 e. The number of amides is 1. The van der Waals surface area contributed by atoms with Crippen molar-refractivity contribution < 1.29 is 22.8 Å². The quantitative estimate of drug-likeness (QED) is 0.864. The average Bonchev–Trinajstić information content (AvgIpc) is 2.85. The van der Waals surface area contributed by atoms with E-state index in [1.807, 2.05) is 0 Å². The molecule has 22 heavy (non-hydrogen) atoms. The minimum absolute atomic E-state index is 0.0654. The van der Waals surface area contributed by atoms with E-state index in [4.69, 9.17) is 0 Å². The first-order chi connectivity index (χ1) is 10.4. The zero-order valence-corrected chi connectivity index (χ0v) is 11.2. The Morgan fingerprint density at radius 2 is 1.82 bits per heavy atom. The summed E-state index contributed by atoms with van der Waals surface area (Å²) < 4.78 is 38.2. The van der Waals surface area contributed by atoms with Crippen LogP contribution >= 0.6 is 0 Å². The Morgan fingerprint density at radius 3 is 2.55 bits per heavy atom. The fourth-order valence-electron chi connectivity index (χ4n) is 2.43. The number of hydrogen-bond donors (Lipinski definition) is 1. The number of carbonyl (C=O) groups is 2. The van der Waals surface area contributed by atoms with Gasteiger partial charge in [-0.25, -0.2) is 0 Å². The molecule has 0 aromatic heterocycles. The summed E-state index contributed by atoms with van der Waals surface area (Å²) in [6.07, 6.45) is -4.35. The smallest absolute Gasteiger partial charge is 0.325 e. The van der Waals surface area contributed by atoms with Crippen LogP contribution in [0.3, 0.4) is 0 Å². The summed E-state index contributed by atoms with van der Waals surface area (Å²) in [6.45, 7) is 0. The monoisotopic (exact) mass is 305 g/mol. The number of rotatable bonds is 2. The molecule has 0 spiro atoms. The third kappa shape index (κ3) is 2.47. The molecule has 2 aromatic rings. The van der Waals surface area contributed by atoms with E-state index in [2.05, 4.69) is 5.32 Å². The molecule has 1 amide bonds. The fourth-order valence-corrected chi connectivity index (χ4v) is 2.43. The molecule has 6 heteroatoms. The number of ketones is 1. The Hall–Kier alpha value is -2.63. The standard InChI is InChI=1S/C16H10F3NO2/c17-16(18,19)11-5-1-4-10(7-11)15(22)12-6-2-3-9-8-13(21)20-14(9)12/h1-7H,8H2,(H,20,21). The van der Waals surface area contributed by atoms with Crippen LogP contribution in [-0.4, -0.2) is 11.7 Å². The van der Waals surface area contributed by atoms with Crippen LogP contribution in [0.5, 0.6) is 0 Å². The average molecular weight is 305 g/mol. The third-order valence-electron chi connectivity index (χ3n) is 3.46. The lowest BCUT2D eigenvalue weighted by atomic mass is 9.98. The van der Waals surface area contributed by atoms with Gasteiger partial charge in [-0.15, -0.1) is 0 Å².